The Morgan fingerprint density at radius 2 is 1.43 bits per heavy atom. The molecule has 9 nitrogen and oxygen atoms in total. The van der Waals surface area contributed by atoms with Crippen LogP contribution >= 0.6 is 23.2 Å². The van der Waals surface area contributed by atoms with Gasteiger partial charge in [0.1, 0.15) is 11.6 Å². The van der Waals surface area contributed by atoms with E-state index in [9.17, 15) is 29.3 Å². The molecule has 4 rings (SSSR count). The van der Waals surface area contributed by atoms with Crippen molar-refractivity contribution in [2.45, 2.75) is 13.0 Å². The van der Waals surface area contributed by atoms with Crippen LogP contribution in [0.3, 0.4) is 0 Å². The van der Waals surface area contributed by atoms with E-state index < -0.39 is 45.7 Å². The van der Waals surface area contributed by atoms with Crippen LogP contribution in [0, 0.1) is 10.1 Å². The van der Waals surface area contributed by atoms with Crippen LogP contribution in [0.15, 0.2) is 66.7 Å². The Bertz CT molecular complexity index is 1390. The van der Waals surface area contributed by atoms with E-state index in [0.29, 0.717) is 20.1 Å². The van der Waals surface area contributed by atoms with Gasteiger partial charge in [-0.25, -0.2) is 5.01 Å². The van der Waals surface area contributed by atoms with Gasteiger partial charge in [-0.2, -0.15) is 5.01 Å². The summed E-state index contributed by atoms with van der Waals surface area (Å²) in [6, 6.07) is 13.7. The fourth-order valence-electron chi connectivity index (χ4n) is 3.73. The van der Waals surface area contributed by atoms with Gasteiger partial charge in [-0.1, -0.05) is 29.3 Å². The van der Waals surface area contributed by atoms with Crippen molar-refractivity contribution in [3.8, 4) is 0 Å². The van der Waals surface area contributed by atoms with Crippen LogP contribution in [-0.4, -0.2) is 44.5 Å². The molecule has 0 fully saturated rings. The fraction of sp³-hybridized carbons (Fsp3) is 0.0833. The summed E-state index contributed by atoms with van der Waals surface area (Å²) in [5.74, 6) is -3.49. The maximum absolute atomic E-state index is 13.6. The molecular weight excluding hydrogens is 497 g/mol. The number of nitrogens with zero attached hydrogens (tertiary/aromatic N) is 3. The minimum Gasteiger partial charge on any atom is -0.292 e. The molecule has 1 aliphatic heterocycles. The number of Topliss-reactive ketones (excluding diaryl/α,β-unsaturated/α-hetero) is 1. The van der Waals surface area contributed by atoms with Crippen LogP contribution in [0.2, 0.25) is 10.0 Å². The lowest BCUT2D eigenvalue weighted by Gasteiger charge is -2.34. The Balaban J connectivity index is 1.83. The summed E-state index contributed by atoms with van der Waals surface area (Å²) in [7, 11) is 0. The Kier molecular flexibility index (Phi) is 6.38. The summed E-state index contributed by atoms with van der Waals surface area (Å²) in [6.07, 6.45) is 0. The van der Waals surface area contributed by atoms with Gasteiger partial charge in [-0.15, -0.1) is 0 Å². The van der Waals surface area contributed by atoms with Gasteiger partial charge in [-0.05, 0) is 61.5 Å². The average Bonchev–Trinajstić information content (AvgIpc) is 3.09. The third-order valence-corrected chi connectivity index (χ3v) is 5.96. The number of fused-ring (bicyclic) bond motifs is 1. The number of imide groups is 1. The van der Waals surface area contributed by atoms with Gasteiger partial charge in [0.05, 0.1) is 10.5 Å². The van der Waals surface area contributed by atoms with E-state index in [1.165, 1.54) is 67.6 Å². The minimum atomic E-state index is -1.35. The molecule has 0 saturated heterocycles. The molecular formula is C24H15Cl2N3O6. The summed E-state index contributed by atoms with van der Waals surface area (Å²) < 4.78 is 0. The molecule has 3 aromatic carbocycles. The molecule has 3 aromatic rings. The van der Waals surface area contributed by atoms with Gasteiger partial charge < -0.3 is 0 Å². The molecule has 1 aliphatic rings. The van der Waals surface area contributed by atoms with E-state index in [-0.39, 0.29) is 16.7 Å². The van der Waals surface area contributed by atoms with E-state index in [0.717, 1.165) is 6.07 Å². The molecule has 0 bridgehead atoms. The van der Waals surface area contributed by atoms with Crippen LogP contribution in [0.5, 0.6) is 0 Å². The molecule has 1 heterocycles. The molecule has 0 spiro atoms. The second-order valence-electron chi connectivity index (χ2n) is 7.58. The number of hydrogen-bond acceptors (Lipinski definition) is 6. The topological polar surface area (TPSA) is 118 Å². The monoisotopic (exact) mass is 511 g/mol. The van der Waals surface area contributed by atoms with Gasteiger partial charge in [0.25, 0.3) is 23.4 Å². The van der Waals surface area contributed by atoms with Crippen LogP contribution < -0.4 is 0 Å². The minimum absolute atomic E-state index is 0.0382. The molecule has 1 atom stereocenters. The first-order valence-electron chi connectivity index (χ1n) is 10.2. The lowest BCUT2D eigenvalue weighted by atomic mass is 10.0. The highest BCUT2D eigenvalue weighted by molar-refractivity contribution is 6.31. The molecule has 0 aromatic heterocycles. The van der Waals surface area contributed by atoms with Crippen LogP contribution in [0.4, 0.5) is 5.69 Å². The predicted octanol–water partition coefficient (Wildman–Crippen LogP) is 4.83. The van der Waals surface area contributed by atoms with Gasteiger partial charge >= 0.3 is 0 Å². The molecule has 0 saturated carbocycles. The number of benzene rings is 3. The normalized spacial score (nSPS) is 13.4. The van der Waals surface area contributed by atoms with Crippen molar-refractivity contribution in [1.29, 1.82) is 0 Å². The van der Waals surface area contributed by atoms with Crippen molar-refractivity contribution in [2.75, 3.05) is 0 Å². The fourth-order valence-corrected chi connectivity index (χ4v) is 3.99. The zero-order valence-electron chi connectivity index (χ0n) is 18.0. The highest BCUT2D eigenvalue weighted by Crippen LogP contribution is 2.33. The highest BCUT2D eigenvalue weighted by atomic mass is 35.5. The van der Waals surface area contributed by atoms with Crippen molar-refractivity contribution in [1.82, 2.24) is 10.0 Å². The average molecular weight is 512 g/mol. The lowest BCUT2D eigenvalue weighted by Crippen LogP contribution is -2.56. The third-order valence-electron chi connectivity index (χ3n) is 5.46. The SMILES string of the molecule is C[C@H](C(=O)c1ccc(Cl)cc1)N(C(=O)c1ccc(Cl)cc1)N1C(=O)c2cccc([N+](=O)[O-])c2C1=O. The maximum Gasteiger partial charge on any atom is 0.287 e. The second-order valence-corrected chi connectivity index (χ2v) is 8.46. The number of carbonyl (C=O) groups is 4. The summed E-state index contributed by atoms with van der Waals surface area (Å²) >= 11 is 11.8. The number of nitro benzene ring substituents is 1. The van der Waals surface area contributed by atoms with Crippen molar-refractivity contribution in [2.24, 2.45) is 0 Å². The number of ketones is 1. The number of hydrazine groups is 1. The first kappa shape index (κ1) is 24.1. The third kappa shape index (κ3) is 4.27. The smallest absolute Gasteiger partial charge is 0.287 e. The zero-order valence-corrected chi connectivity index (χ0v) is 19.5. The quantitative estimate of drug-likeness (QED) is 0.202. The van der Waals surface area contributed by atoms with Crippen molar-refractivity contribution in [3.63, 3.8) is 0 Å². The summed E-state index contributed by atoms with van der Waals surface area (Å²) in [6.45, 7) is 1.35. The number of amides is 3. The second kappa shape index (κ2) is 9.28. The van der Waals surface area contributed by atoms with Gasteiger partial charge in [0.15, 0.2) is 5.78 Å². The Labute approximate surface area is 208 Å². The number of halogens is 2. The van der Waals surface area contributed by atoms with Gasteiger partial charge in [0.2, 0.25) is 0 Å². The molecule has 0 aliphatic carbocycles. The van der Waals surface area contributed by atoms with E-state index in [1.807, 2.05) is 0 Å². The molecule has 0 unspecified atom stereocenters. The van der Waals surface area contributed by atoms with Gasteiger partial charge in [-0.3, -0.25) is 29.3 Å². The van der Waals surface area contributed by atoms with E-state index >= 15 is 0 Å². The highest BCUT2D eigenvalue weighted by Gasteiger charge is 2.48. The van der Waals surface area contributed by atoms with E-state index in [1.54, 1.807) is 0 Å². The van der Waals surface area contributed by atoms with Crippen LogP contribution in [0.25, 0.3) is 0 Å². The van der Waals surface area contributed by atoms with Crippen molar-refractivity contribution in [3.05, 3.63) is 109 Å². The van der Waals surface area contributed by atoms with Crippen molar-refractivity contribution < 1.29 is 24.1 Å². The summed E-state index contributed by atoms with van der Waals surface area (Å²) in [4.78, 5) is 64.2. The number of carbonyl (C=O) groups excluding carboxylic acids is 4. The molecule has 11 heteroatoms. The predicted molar refractivity (Wildman–Crippen MR) is 126 cm³/mol. The first-order valence-corrected chi connectivity index (χ1v) is 10.9. The number of nitro groups is 1. The molecule has 0 N–H and O–H groups in total. The Hall–Kier alpha value is -4.08. The van der Waals surface area contributed by atoms with E-state index in [2.05, 4.69) is 0 Å². The molecule has 176 valence electrons. The Morgan fingerprint density at radius 1 is 0.886 bits per heavy atom. The molecule has 35 heavy (non-hydrogen) atoms. The van der Waals surface area contributed by atoms with E-state index in [4.69, 9.17) is 23.2 Å². The molecule has 0 radical (unpaired) electrons. The summed E-state index contributed by atoms with van der Waals surface area (Å²) in [5, 5.41) is 13.4. The standard InChI is InChI=1S/C24H15Cl2N3O6/c1-13(21(30)14-5-9-16(25)10-6-14)27(22(31)15-7-11-17(26)12-8-15)28-23(32)18-3-2-4-19(29(34)35)20(18)24(28)33/h2-13H,1H3/t13-/m1/s1. The zero-order chi connectivity index (χ0) is 25.4. The lowest BCUT2D eigenvalue weighted by molar-refractivity contribution is -0.385. The van der Waals surface area contributed by atoms with Crippen molar-refractivity contribution >= 4 is 52.4 Å². The van der Waals surface area contributed by atoms with Gasteiger partial charge in [0, 0.05) is 27.2 Å². The largest absolute Gasteiger partial charge is 0.292 e. The first-order chi connectivity index (χ1) is 16.6. The molecule has 3 amide bonds. The summed E-state index contributed by atoms with van der Waals surface area (Å²) in [5.41, 5.74) is -1.07. The Morgan fingerprint density at radius 3 is 1.97 bits per heavy atom. The van der Waals surface area contributed by atoms with Crippen LogP contribution in [0.1, 0.15) is 48.4 Å². The number of rotatable bonds is 6. The van der Waals surface area contributed by atoms with Crippen LogP contribution in [-0.2, 0) is 0 Å². The maximum atomic E-state index is 13.6. The number of hydrogen-bond donors (Lipinski definition) is 0.